The summed E-state index contributed by atoms with van der Waals surface area (Å²) >= 11 is 0. The van der Waals surface area contributed by atoms with Crippen LogP contribution in [0.15, 0.2) is 77.8 Å². The Kier molecular flexibility index (Phi) is 5.44. The molecule has 5 heteroatoms. The van der Waals surface area contributed by atoms with Crippen LogP contribution in [0, 0.1) is 13.8 Å². The number of carbonyl (C=O) groups is 2. The van der Waals surface area contributed by atoms with Gasteiger partial charge in [0.05, 0.1) is 11.4 Å². The van der Waals surface area contributed by atoms with Crippen LogP contribution in [0.2, 0.25) is 0 Å². The summed E-state index contributed by atoms with van der Waals surface area (Å²) in [5.41, 5.74) is 6.12. The molecule has 150 valence electrons. The third-order valence-electron chi connectivity index (χ3n) is 5.35. The van der Waals surface area contributed by atoms with E-state index in [1.807, 2.05) is 86.6 Å². The molecular formula is C25H23N3O2. The van der Waals surface area contributed by atoms with E-state index in [1.54, 1.807) is 0 Å². The molecule has 1 heterocycles. The van der Waals surface area contributed by atoms with Crippen LogP contribution in [-0.4, -0.2) is 30.6 Å². The van der Waals surface area contributed by atoms with Gasteiger partial charge in [-0.1, -0.05) is 60.7 Å². The minimum absolute atomic E-state index is 0.00431. The normalized spacial score (nSPS) is 13.3. The van der Waals surface area contributed by atoms with Gasteiger partial charge in [0.1, 0.15) is 13.1 Å². The van der Waals surface area contributed by atoms with E-state index in [1.165, 1.54) is 4.90 Å². The maximum absolute atomic E-state index is 12.9. The first-order chi connectivity index (χ1) is 14.5. The van der Waals surface area contributed by atoms with Crippen molar-refractivity contribution in [1.82, 2.24) is 0 Å². The lowest BCUT2D eigenvalue weighted by Crippen LogP contribution is -2.39. The fourth-order valence-corrected chi connectivity index (χ4v) is 3.60. The largest absolute Gasteiger partial charge is 0.324 e. The highest BCUT2D eigenvalue weighted by atomic mass is 16.2. The average molecular weight is 397 g/mol. The summed E-state index contributed by atoms with van der Waals surface area (Å²) in [4.78, 5) is 31.8. The summed E-state index contributed by atoms with van der Waals surface area (Å²) < 4.78 is 0. The predicted molar refractivity (Wildman–Crippen MR) is 120 cm³/mol. The highest BCUT2D eigenvalue weighted by Crippen LogP contribution is 2.27. The van der Waals surface area contributed by atoms with Gasteiger partial charge in [-0.15, -0.1) is 0 Å². The number of carbonyl (C=O) groups excluding carboxylic acids is 2. The monoisotopic (exact) mass is 397 g/mol. The summed E-state index contributed by atoms with van der Waals surface area (Å²) in [6.45, 7) is 3.90. The number of nitrogens with one attached hydrogen (secondary N) is 1. The van der Waals surface area contributed by atoms with E-state index in [-0.39, 0.29) is 24.9 Å². The van der Waals surface area contributed by atoms with E-state index < -0.39 is 0 Å². The lowest BCUT2D eigenvalue weighted by Gasteiger charge is -2.23. The number of para-hydroxylation sites is 1. The third-order valence-corrected chi connectivity index (χ3v) is 5.35. The number of aryl methyl sites for hydroxylation is 1. The first-order valence-electron chi connectivity index (χ1n) is 9.90. The number of fused-ring (bicyclic) bond motifs is 1. The number of hydrogen-bond acceptors (Lipinski definition) is 3. The first kappa shape index (κ1) is 19.6. The van der Waals surface area contributed by atoms with Crippen molar-refractivity contribution in [3.05, 3.63) is 95.1 Å². The zero-order valence-electron chi connectivity index (χ0n) is 17.1. The first-order valence-corrected chi connectivity index (χ1v) is 9.90. The van der Waals surface area contributed by atoms with Gasteiger partial charge in [0, 0.05) is 16.8 Å². The van der Waals surface area contributed by atoms with Crippen molar-refractivity contribution in [2.75, 3.05) is 23.3 Å². The van der Waals surface area contributed by atoms with Crippen molar-refractivity contribution in [3.63, 3.8) is 0 Å². The Balaban J connectivity index is 1.64. The van der Waals surface area contributed by atoms with Gasteiger partial charge in [-0.05, 0) is 37.1 Å². The van der Waals surface area contributed by atoms with Gasteiger partial charge < -0.3 is 10.2 Å². The lowest BCUT2D eigenvalue weighted by atomic mass is 10.0. The molecule has 1 aliphatic heterocycles. The minimum atomic E-state index is -0.241. The fourth-order valence-electron chi connectivity index (χ4n) is 3.60. The molecule has 0 aliphatic carbocycles. The maximum Gasteiger partial charge on any atom is 0.249 e. The van der Waals surface area contributed by atoms with Gasteiger partial charge in [0.2, 0.25) is 11.8 Å². The Bertz CT molecular complexity index is 1140. The van der Waals surface area contributed by atoms with Crippen molar-refractivity contribution in [2.45, 2.75) is 13.8 Å². The molecule has 0 saturated heterocycles. The van der Waals surface area contributed by atoms with Crippen molar-refractivity contribution in [3.8, 4) is 0 Å². The highest BCUT2D eigenvalue weighted by Gasteiger charge is 2.26. The Hall–Kier alpha value is -3.73. The van der Waals surface area contributed by atoms with Gasteiger partial charge in [0.25, 0.3) is 0 Å². The van der Waals surface area contributed by atoms with Gasteiger partial charge in [0.15, 0.2) is 0 Å². The molecule has 1 N–H and O–H groups in total. The molecule has 5 nitrogen and oxygen atoms in total. The van der Waals surface area contributed by atoms with Crippen LogP contribution in [0.1, 0.15) is 22.3 Å². The standard InChI is InChI=1S/C25H23N3O2/c1-17-9-8-13-21(18(17)2)27-23(29)16-28-22-14-7-6-12-20(22)25(26-15-24(28)30)19-10-4-3-5-11-19/h3-14H,15-16H2,1-2H3,(H,27,29). The van der Waals surface area contributed by atoms with E-state index >= 15 is 0 Å². The molecule has 0 unspecified atom stereocenters. The topological polar surface area (TPSA) is 61.8 Å². The summed E-state index contributed by atoms with van der Waals surface area (Å²) in [6, 6.07) is 23.2. The summed E-state index contributed by atoms with van der Waals surface area (Å²) in [7, 11) is 0. The molecule has 3 aromatic rings. The number of rotatable bonds is 4. The molecule has 0 spiro atoms. The average Bonchev–Trinajstić information content (AvgIpc) is 2.89. The number of nitrogens with zero attached hydrogens (tertiary/aromatic N) is 2. The van der Waals surface area contributed by atoms with Crippen LogP contribution >= 0.6 is 0 Å². The van der Waals surface area contributed by atoms with Gasteiger partial charge in [-0.25, -0.2) is 0 Å². The Morgan fingerprint density at radius 2 is 1.70 bits per heavy atom. The predicted octanol–water partition coefficient (Wildman–Crippen LogP) is 4.13. The number of hydrogen-bond donors (Lipinski definition) is 1. The van der Waals surface area contributed by atoms with E-state index in [0.29, 0.717) is 5.69 Å². The van der Waals surface area contributed by atoms with Crippen LogP contribution in [0.25, 0.3) is 0 Å². The minimum Gasteiger partial charge on any atom is -0.324 e. The number of benzodiazepines with no additional fused rings is 1. The van der Waals surface area contributed by atoms with Crippen molar-refractivity contribution < 1.29 is 9.59 Å². The molecule has 3 aromatic carbocycles. The zero-order valence-corrected chi connectivity index (χ0v) is 17.1. The summed E-state index contributed by atoms with van der Waals surface area (Å²) in [6.07, 6.45) is 0. The number of benzene rings is 3. The molecule has 30 heavy (non-hydrogen) atoms. The molecular weight excluding hydrogens is 374 g/mol. The molecule has 1 aliphatic rings. The fraction of sp³-hybridized carbons (Fsp3) is 0.160. The molecule has 0 aromatic heterocycles. The van der Waals surface area contributed by atoms with E-state index in [2.05, 4.69) is 10.3 Å². The smallest absolute Gasteiger partial charge is 0.249 e. The van der Waals surface area contributed by atoms with Gasteiger partial charge in [-0.3, -0.25) is 14.6 Å². The second-order valence-corrected chi connectivity index (χ2v) is 7.32. The lowest BCUT2D eigenvalue weighted by molar-refractivity contribution is -0.120. The summed E-state index contributed by atoms with van der Waals surface area (Å²) in [5, 5.41) is 2.94. The van der Waals surface area contributed by atoms with Crippen molar-refractivity contribution in [2.24, 2.45) is 4.99 Å². The van der Waals surface area contributed by atoms with Crippen LogP contribution in [-0.2, 0) is 9.59 Å². The molecule has 4 rings (SSSR count). The van der Waals surface area contributed by atoms with E-state index in [4.69, 9.17) is 0 Å². The summed E-state index contributed by atoms with van der Waals surface area (Å²) in [5.74, 6) is -0.445. The molecule has 0 atom stereocenters. The Morgan fingerprint density at radius 1 is 0.967 bits per heavy atom. The van der Waals surface area contributed by atoms with Gasteiger partial charge in [-0.2, -0.15) is 0 Å². The number of anilines is 2. The second kappa shape index (κ2) is 8.33. The van der Waals surface area contributed by atoms with Crippen LogP contribution in [0.5, 0.6) is 0 Å². The molecule has 0 radical (unpaired) electrons. The zero-order chi connectivity index (χ0) is 21.1. The third kappa shape index (κ3) is 3.87. The van der Waals surface area contributed by atoms with Crippen molar-refractivity contribution >= 4 is 28.9 Å². The molecule has 0 fully saturated rings. The van der Waals surface area contributed by atoms with Crippen LogP contribution in [0.3, 0.4) is 0 Å². The maximum atomic E-state index is 12.9. The van der Waals surface area contributed by atoms with Gasteiger partial charge >= 0.3 is 0 Å². The van der Waals surface area contributed by atoms with E-state index in [9.17, 15) is 9.59 Å². The quantitative estimate of drug-likeness (QED) is 0.720. The van der Waals surface area contributed by atoms with Crippen molar-refractivity contribution in [1.29, 1.82) is 0 Å². The molecule has 2 amide bonds. The second-order valence-electron chi connectivity index (χ2n) is 7.32. The highest BCUT2D eigenvalue weighted by molar-refractivity contribution is 6.20. The van der Waals surface area contributed by atoms with Crippen LogP contribution in [0.4, 0.5) is 11.4 Å². The number of amides is 2. The molecule has 0 saturated carbocycles. The van der Waals surface area contributed by atoms with E-state index in [0.717, 1.165) is 33.7 Å². The number of aliphatic imine (C=N–C) groups is 1. The Morgan fingerprint density at radius 3 is 2.50 bits per heavy atom. The Labute approximate surface area is 176 Å². The van der Waals surface area contributed by atoms with Crippen LogP contribution < -0.4 is 10.2 Å². The SMILES string of the molecule is Cc1cccc(NC(=O)CN2C(=O)CN=C(c3ccccc3)c3ccccc32)c1C. The molecule has 0 bridgehead atoms.